The Hall–Kier alpha value is -8.06. The van der Waals surface area contributed by atoms with Gasteiger partial charge < -0.3 is 10.2 Å². The topological polar surface area (TPSA) is 99.4 Å². The molecule has 0 saturated carbocycles. The quantitative estimate of drug-likeness (QED) is 0.0314. The van der Waals surface area contributed by atoms with Crippen molar-refractivity contribution in [2.45, 2.75) is 11.6 Å². The number of benzene rings is 14. The summed E-state index contributed by atoms with van der Waals surface area (Å²) in [5.41, 5.74) is -0.0224. The summed E-state index contributed by atoms with van der Waals surface area (Å²) in [5, 5.41) is 55.8. The van der Waals surface area contributed by atoms with E-state index in [0.29, 0.717) is 0 Å². The zero-order chi connectivity index (χ0) is 66.3. The zero-order valence-corrected chi connectivity index (χ0v) is 61.6. The molecule has 0 amide bonds. The normalized spacial score (nSPS) is 11.7. The molecule has 0 spiro atoms. The van der Waals surface area contributed by atoms with E-state index in [2.05, 4.69) is 374 Å². The summed E-state index contributed by atoms with van der Waals surface area (Å²) in [7, 11) is -1.78. The maximum absolute atomic E-state index is 10.5. The Bertz CT molecular complexity index is 3480. The predicted octanol–water partition coefficient (Wildman–Crippen LogP) is 15.4. The molecule has 494 valence electrons. The number of rotatable bonds is 17. The first-order valence-electron chi connectivity index (χ1n) is 31.4. The summed E-state index contributed by atoms with van der Waals surface area (Å²) >= 11 is 0. The van der Waals surface area contributed by atoms with E-state index in [0.717, 1.165) is 0 Å². The fourth-order valence-electron chi connectivity index (χ4n) is 10.7. The van der Waals surface area contributed by atoms with Gasteiger partial charge in [0, 0.05) is 53.3 Å². The molecular formula is C86H74O6P4Pt2. The molecule has 2 unspecified atom stereocenters. The minimum Gasteiger partial charge on any atom is -0.355 e. The third-order valence-corrected chi connectivity index (χ3v) is 25.0. The number of aliphatic hydroxyl groups is 2. The Kier molecular flexibility index (Phi) is 31.5. The van der Waals surface area contributed by atoms with Crippen molar-refractivity contribution in [3.05, 3.63) is 436 Å². The first kappa shape index (κ1) is 75.7. The predicted molar refractivity (Wildman–Crippen MR) is 409 cm³/mol. The van der Waals surface area contributed by atoms with Crippen LogP contribution in [0.4, 0.5) is 0 Å². The van der Waals surface area contributed by atoms with E-state index < -0.39 is 43.3 Å². The molecule has 4 N–H and O–H groups in total. The van der Waals surface area contributed by atoms with Crippen molar-refractivity contribution in [3.63, 3.8) is 0 Å². The smallest absolute Gasteiger partial charge is 0.286 e. The molecule has 0 heterocycles. The summed E-state index contributed by atoms with van der Waals surface area (Å²) in [5.74, 6) is -5.44. The molecule has 0 aliphatic rings. The minimum atomic E-state index is -2.72. The SMILES string of the molecule is OOC(O)(c1ccccc1)C(O)(OO)c1ccccc1.[Pt].[Pt].c1ccc(P(c2ccccc2)c2ccccc2)cc1.c1ccc(P(c2ccccc2)c2ccccc2)cc1.c1ccc(P(c2ccccc2)c2ccccc2)cc1.c1ccc(P(c2ccccc2)c2ccccc2)cc1. The van der Waals surface area contributed by atoms with E-state index in [4.69, 9.17) is 10.5 Å². The molecule has 0 fully saturated rings. The Morgan fingerprint density at radius 1 is 0.163 bits per heavy atom. The van der Waals surface area contributed by atoms with Crippen LogP contribution in [0.25, 0.3) is 0 Å². The Balaban J connectivity index is 0.000000155. The van der Waals surface area contributed by atoms with Crippen molar-refractivity contribution in [3.8, 4) is 0 Å². The van der Waals surface area contributed by atoms with Crippen LogP contribution in [0.15, 0.2) is 425 Å². The van der Waals surface area contributed by atoms with Gasteiger partial charge in [-0.3, -0.25) is 0 Å². The van der Waals surface area contributed by atoms with Crippen LogP contribution in [0.2, 0.25) is 0 Å². The molecule has 0 aliphatic carbocycles. The number of hydrogen-bond acceptors (Lipinski definition) is 6. The summed E-state index contributed by atoms with van der Waals surface area (Å²) in [6.45, 7) is 0. The van der Waals surface area contributed by atoms with Gasteiger partial charge in [-0.1, -0.05) is 425 Å². The van der Waals surface area contributed by atoms with Gasteiger partial charge >= 0.3 is 0 Å². The van der Waals surface area contributed by atoms with Crippen molar-refractivity contribution < 1.29 is 72.6 Å². The van der Waals surface area contributed by atoms with E-state index in [9.17, 15) is 10.2 Å². The maximum Gasteiger partial charge on any atom is 0.286 e. The average Bonchev–Trinajstić information content (AvgIpc) is 0.745. The summed E-state index contributed by atoms with van der Waals surface area (Å²) < 4.78 is 0. The minimum absolute atomic E-state index is 0. The third-order valence-electron chi connectivity index (χ3n) is 15.2. The van der Waals surface area contributed by atoms with Crippen LogP contribution in [0, 0.1) is 0 Å². The molecule has 14 aromatic rings. The maximum atomic E-state index is 10.5. The van der Waals surface area contributed by atoms with Crippen LogP contribution >= 0.6 is 31.7 Å². The van der Waals surface area contributed by atoms with Crippen molar-refractivity contribution in [1.29, 1.82) is 0 Å². The van der Waals surface area contributed by atoms with Crippen LogP contribution in [0.3, 0.4) is 0 Å². The summed E-state index contributed by atoms with van der Waals surface area (Å²) in [6, 6.07) is 144. The van der Waals surface area contributed by atoms with Crippen molar-refractivity contribution >= 4 is 95.3 Å². The largest absolute Gasteiger partial charge is 0.355 e. The molecule has 0 aliphatic heterocycles. The van der Waals surface area contributed by atoms with Gasteiger partial charge in [0.1, 0.15) is 0 Å². The third kappa shape index (κ3) is 20.8. The van der Waals surface area contributed by atoms with Gasteiger partial charge in [-0.05, 0) is 95.3 Å². The van der Waals surface area contributed by atoms with Crippen LogP contribution in [0.5, 0.6) is 0 Å². The molecule has 2 atom stereocenters. The molecular weight excluding hydrogens is 1640 g/mol. The first-order valence-corrected chi connectivity index (χ1v) is 36.8. The van der Waals surface area contributed by atoms with E-state index in [1.807, 2.05) is 0 Å². The van der Waals surface area contributed by atoms with Crippen molar-refractivity contribution in [2.24, 2.45) is 0 Å². The van der Waals surface area contributed by atoms with Gasteiger partial charge in [-0.2, -0.15) is 9.78 Å². The Morgan fingerprint density at radius 2 is 0.255 bits per heavy atom. The second kappa shape index (κ2) is 40.7. The zero-order valence-electron chi connectivity index (χ0n) is 53.4. The van der Waals surface area contributed by atoms with E-state index in [-0.39, 0.29) is 53.3 Å². The van der Waals surface area contributed by atoms with E-state index >= 15 is 0 Å². The van der Waals surface area contributed by atoms with Gasteiger partial charge in [0.15, 0.2) is 0 Å². The monoisotopic (exact) mass is 1720 g/mol. The van der Waals surface area contributed by atoms with Gasteiger partial charge in [0.05, 0.1) is 0 Å². The Morgan fingerprint density at radius 3 is 0.347 bits per heavy atom. The fourth-order valence-corrected chi connectivity index (χ4v) is 19.9. The first-order chi connectivity index (χ1) is 47.4. The van der Waals surface area contributed by atoms with Crippen molar-refractivity contribution in [2.75, 3.05) is 0 Å². The van der Waals surface area contributed by atoms with Gasteiger partial charge in [-0.25, -0.2) is 10.5 Å². The van der Waals surface area contributed by atoms with Crippen LogP contribution in [-0.4, -0.2) is 20.7 Å². The molecule has 14 rings (SSSR count). The van der Waals surface area contributed by atoms with E-state index in [1.54, 1.807) is 36.4 Å². The molecule has 6 nitrogen and oxygen atoms in total. The van der Waals surface area contributed by atoms with Crippen LogP contribution in [-0.2, 0) is 63.5 Å². The van der Waals surface area contributed by atoms with Crippen LogP contribution in [0.1, 0.15) is 11.1 Å². The molecule has 0 saturated heterocycles. The Labute approximate surface area is 610 Å². The van der Waals surface area contributed by atoms with Gasteiger partial charge in [0.25, 0.3) is 11.6 Å². The molecule has 0 radical (unpaired) electrons. The van der Waals surface area contributed by atoms with E-state index in [1.165, 1.54) is 87.9 Å². The molecule has 14 aromatic carbocycles. The molecule has 0 bridgehead atoms. The van der Waals surface area contributed by atoms with Gasteiger partial charge in [-0.15, -0.1) is 0 Å². The second-order valence-corrected chi connectivity index (χ2v) is 30.5. The standard InChI is InChI=1S/4C18H15P.C14H14O6.2Pt/c4*1-4-10-16(11-5-1)19(17-12-6-2-7-13-17)18-14-8-3-9-15-18;15-13(19-17,11-7-3-1-4-8-11)14(16,20-18)12-9-5-2-6-10-12;;/h4*1-15H;1-10,15-18H;;. The van der Waals surface area contributed by atoms with Crippen molar-refractivity contribution in [1.82, 2.24) is 0 Å². The summed E-state index contributed by atoms with van der Waals surface area (Å²) in [4.78, 5) is 8.11. The average molecular weight is 1720 g/mol. The second-order valence-electron chi connectivity index (χ2n) is 21.6. The van der Waals surface area contributed by atoms with Gasteiger partial charge in [0.2, 0.25) is 0 Å². The molecule has 98 heavy (non-hydrogen) atoms. The fraction of sp³-hybridized carbons (Fsp3) is 0.0233. The summed E-state index contributed by atoms with van der Waals surface area (Å²) in [6.07, 6.45) is 0. The molecule has 0 aromatic heterocycles. The van der Waals surface area contributed by atoms with Crippen LogP contribution < -0.4 is 63.7 Å². The molecule has 12 heteroatoms. The number of hydrogen-bond donors (Lipinski definition) is 4.